The topological polar surface area (TPSA) is 22.3 Å². The van der Waals surface area contributed by atoms with Crippen LogP contribution in [0.4, 0.5) is 0 Å². The van der Waals surface area contributed by atoms with E-state index in [2.05, 4.69) is 15.7 Å². The van der Waals surface area contributed by atoms with Crippen molar-refractivity contribution in [1.29, 1.82) is 0 Å². The largest absolute Gasteiger partial charge is 0.497 e. The maximum Gasteiger partial charge on any atom is 0.185 e. The Bertz CT molecular complexity index is 623. The third-order valence-corrected chi connectivity index (χ3v) is 4.18. The lowest BCUT2D eigenvalue weighted by atomic mass is 10.3. The highest BCUT2D eigenvalue weighted by molar-refractivity contribution is 7.71. The fourth-order valence-electron chi connectivity index (χ4n) is 2.60. The quantitative estimate of drug-likeness (QED) is 0.808. The molecule has 20 heavy (non-hydrogen) atoms. The smallest absolute Gasteiger partial charge is 0.185 e. The summed E-state index contributed by atoms with van der Waals surface area (Å²) in [5.41, 5.74) is 1.07. The normalized spacial score (nSPS) is 15.7. The molecule has 1 aromatic heterocycles. The van der Waals surface area contributed by atoms with Gasteiger partial charge in [0, 0.05) is 18.1 Å². The van der Waals surface area contributed by atoms with Crippen LogP contribution in [0.5, 0.6) is 5.75 Å². The second kappa shape index (κ2) is 5.81. The van der Waals surface area contributed by atoms with Crippen LogP contribution in [0.1, 0.15) is 12.8 Å². The van der Waals surface area contributed by atoms with Gasteiger partial charge in [0.1, 0.15) is 5.75 Å². The molecule has 0 saturated carbocycles. The van der Waals surface area contributed by atoms with Gasteiger partial charge in [-0.1, -0.05) is 0 Å². The lowest BCUT2D eigenvalue weighted by Gasteiger charge is -2.15. The van der Waals surface area contributed by atoms with Gasteiger partial charge in [-0.3, -0.25) is 9.47 Å². The third kappa shape index (κ3) is 2.64. The molecule has 2 heterocycles. The number of ether oxygens (including phenoxy) is 1. The third-order valence-electron chi connectivity index (χ3n) is 3.75. The van der Waals surface area contributed by atoms with Gasteiger partial charge in [0.15, 0.2) is 4.77 Å². The number of methoxy groups -OCH3 is 1. The molecule has 1 aliphatic rings. The molecule has 0 atom stereocenters. The Morgan fingerprint density at radius 1 is 1.10 bits per heavy atom. The Hall–Kier alpha value is -1.59. The van der Waals surface area contributed by atoms with Crippen LogP contribution < -0.4 is 4.74 Å². The van der Waals surface area contributed by atoms with Crippen LogP contribution in [0, 0.1) is 4.77 Å². The molecule has 0 N–H and O–H groups in total. The molecule has 0 aliphatic carbocycles. The highest BCUT2D eigenvalue weighted by atomic mass is 32.1. The molecule has 0 radical (unpaired) electrons. The van der Waals surface area contributed by atoms with Crippen molar-refractivity contribution in [2.75, 3.05) is 20.2 Å². The van der Waals surface area contributed by atoms with Gasteiger partial charge in [-0.05, 0) is 62.4 Å². The van der Waals surface area contributed by atoms with Crippen molar-refractivity contribution < 1.29 is 4.74 Å². The van der Waals surface area contributed by atoms with Crippen LogP contribution >= 0.6 is 12.2 Å². The van der Waals surface area contributed by atoms with Crippen LogP contribution in [-0.4, -0.2) is 34.2 Å². The molecule has 106 valence electrons. The molecular weight excluding hydrogens is 270 g/mol. The number of imidazole rings is 1. The number of benzene rings is 1. The van der Waals surface area contributed by atoms with E-state index in [1.807, 2.05) is 35.0 Å². The van der Waals surface area contributed by atoms with Gasteiger partial charge >= 0.3 is 0 Å². The molecule has 1 aliphatic heterocycles. The molecule has 3 rings (SSSR count). The van der Waals surface area contributed by atoms with Crippen molar-refractivity contribution in [3.05, 3.63) is 41.4 Å². The zero-order valence-electron chi connectivity index (χ0n) is 11.7. The zero-order chi connectivity index (χ0) is 13.9. The molecule has 0 spiro atoms. The Morgan fingerprint density at radius 3 is 2.45 bits per heavy atom. The van der Waals surface area contributed by atoms with Crippen LogP contribution in [-0.2, 0) is 6.67 Å². The van der Waals surface area contributed by atoms with E-state index in [0.29, 0.717) is 0 Å². The minimum absolute atomic E-state index is 0.835. The Labute approximate surface area is 124 Å². The van der Waals surface area contributed by atoms with Gasteiger partial charge in [0.2, 0.25) is 0 Å². The van der Waals surface area contributed by atoms with Crippen molar-refractivity contribution in [3.63, 3.8) is 0 Å². The second-order valence-corrected chi connectivity index (χ2v) is 5.45. The van der Waals surface area contributed by atoms with Gasteiger partial charge in [0.05, 0.1) is 13.8 Å². The molecule has 2 aromatic rings. The van der Waals surface area contributed by atoms with E-state index >= 15 is 0 Å². The summed E-state index contributed by atoms with van der Waals surface area (Å²) in [6.45, 7) is 3.24. The van der Waals surface area contributed by atoms with Crippen molar-refractivity contribution in [1.82, 2.24) is 14.0 Å². The highest BCUT2D eigenvalue weighted by Crippen LogP contribution is 2.16. The maximum atomic E-state index is 5.57. The average Bonchev–Trinajstić information content (AvgIpc) is 3.11. The number of rotatable bonds is 4. The lowest BCUT2D eigenvalue weighted by Crippen LogP contribution is -2.22. The summed E-state index contributed by atoms with van der Waals surface area (Å²) < 4.78 is 10.2. The van der Waals surface area contributed by atoms with Crippen LogP contribution in [0.15, 0.2) is 36.7 Å². The van der Waals surface area contributed by atoms with Crippen molar-refractivity contribution in [2.45, 2.75) is 19.5 Å². The fraction of sp³-hybridized carbons (Fsp3) is 0.400. The van der Waals surface area contributed by atoms with Crippen molar-refractivity contribution in [3.8, 4) is 11.4 Å². The van der Waals surface area contributed by atoms with Gasteiger partial charge in [-0.15, -0.1) is 0 Å². The summed E-state index contributed by atoms with van der Waals surface area (Å²) in [6, 6.07) is 7.95. The van der Waals surface area contributed by atoms with Crippen LogP contribution in [0.3, 0.4) is 0 Å². The Kier molecular flexibility index (Phi) is 3.89. The van der Waals surface area contributed by atoms with Crippen LogP contribution in [0.25, 0.3) is 5.69 Å². The first kappa shape index (κ1) is 13.4. The number of hydrogen-bond acceptors (Lipinski definition) is 3. The molecular formula is C15H19N3OS. The van der Waals surface area contributed by atoms with Gasteiger partial charge in [-0.2, -0.15) is 0 Å². The van der Waals surface area contributed by atoms with Gasteiger partial charge in [0.25, 0.3) is 0 Å². The molecule has 4 nitrogen and oxygen atoms in total. The number of aromatic nitrogens is 2. The monoisotopic (exact) mass is 289 g/mol. The Balaban J connectivity index is 1.83. The predicted octanol–water partition coefficient (Wildman–Crippen LogP) is 3.07. The summed E-state index contributed by atoms with van der Waals surface area (Å²) >= 11 is 5.57. The summed E-state index contributed by atoms with van der Waals surface area (Å²) in [5.74, 6) is 0.858. The average molecular weight is 289 g/mol. The first-order valence-electron chi connectivity index (χ1n) is 6.92. The van der Waals surface area contributed by atoms with Crippen molar-refractivity contribution in [2.24, 2.45) is 0 Å². The predicted molar refractivity (Wildman–Crippen MR) is 82.0 cm³/mol. The van der Waals surface area contributed by atoms with E-state index < -0.39 is 0 Å². The standard InChI is InChI=1S/C15H19N3OS/c1-19-14-6-4-13(5-7-14)18-11-10-17(15(18)20)12-16-8-2-3-9-16/h4-7,10-11H,2-3,8-9,12H2,1H3. The van der Waals surface area contributed by atoms with Crippen molar-refractivity contribution >= 4 is 12.2 Å². The summed E-state index contributed by atoms with van der Waals surface area (Å²) in [5, 5.41) is 0. The molecule has 0 unspecified atom stereocenters. The summed E-state index contributed by atoms with van der Waals surface area (Å²) in [7, 11) is 1.67. The van der Waals surface area contributed by atoms with E-state index in [0.717, 1.165) is 22.9 Å². The van der Waals surface area contributed by atoms with E-state index in [1.165, 1.54) is 25.9 Å². The molecule has 0 bridgehead atoms. The van der Waals surface area contributed by atoms with E-state index in [4.69, 9.17) is 17.0 Å². The molecule has 1 aromatic carbocycles. The first-order valence-corrected chi connectivity index (χ1v) is 7.33. The summed E-state index contributed by atoms with van der Waals surface area (Å²) in [6.07, 6.45) is 6.68. The fourth-order valence-corrected chi connectivity index (χ4v) is 2.88. The SMILES string of the molecule is COc1ccc(-n2ccn(CN3CCCC3)c2=S)cc1. The lowest BCUT2D eigenvalue weighted by molar-refractivity contribution is 0.268. The maximum absolute atomic E-state index is 5.57. The molecule has 5 heteroatoms. The van der Waals surface area contributed by atoms with E-state index in [1.54, 1.807) is 7.11 Å². The molecule has 1 saturated heterocycles. The Morgan fingerprint density at radius 2 is 1.80 bits per heavy atom. The minimum Gasteiger partial charge on any atom is -0.497 e. The minimum atomic E-state index is 0.835. The zero-order valence-corrected chi connectivity index (χ0v) is 12.5. The van der Waals surface area contributed by atoms with E-state index in [-0.39, 0.29) is 0 Å². The number of nitrogens with zero attached hydrogens (tertiary/aromatic N) is 3. The second-order valence-electron chi connectivity index (χ2n) is 5.09. The van der Waals surface area contributed by atoms with E-state index in [9.17, 15) is 0 Å². The van der Waals surface area contributed by atoms with Gasteiger partial charge in [-0.25, -0.2) is 0 Å². The first-order chi connectivity index (χ1) is 9.78. The summed E-state index contributed by atoms with van der Waals surface area (Å²) in [4.78, 5) is 2.44. The molecule has 1 fully saturated rings. The van der Waals surface area contributed by atoms with Gasteiger partial charge < -0.3 is 9.30 Å². The highest BCUT2D eigenvalue weighted by Gasteiger charge is 2.12. The molecule has 0 amide bonds. The number of hydrogen-bond donors (Lipinski definition) is 0. The number of likely N-dealkylation sites (tertiary alicyclic amines) is 1. The van der Waals surface area contributed by atoms with Crippen LogP contribution in [0.2, 0.25) is 0 Å².